The summed E-state index contributed by atoms with van der Waals surface area (Å²) in [6, 6.07) is 9.93. The van der Waals surface area contributed by atoms with E-state index in [0.717, 1.165) is 24.2 Å². The van der Waals surface area contributed by atoms with Gasteiger partial charge in [-0.1, -0.05) is 17.7 Å². The van der Waals surface area contributed by atoms with Crippen LogP contribution in [0.25, 0.3) is 0 Å². The first-order valence-electron chi connectivity index (χ1n) is 11.4. The summed E-state index contributed by atoms with van der Waals surface area (Å²) >= 11 is 7.11. The van der Waals surface area contributed by atoms with Crippen LogP contribution < -0.4 is 10.6 Å². The summed E-state index contributed by atoms with van der Waals surface area (Å²) in [7, 11) is 2.01. The van der Waals surface area contributed by atoms with Crippen molar-refractivity contribution in [3.05, 3.63) is 79.8 Å². The Morgan fingerprint density at radius 1 is 1.08 bits per heavy atom. The van der Waals surface area contributed by atoms with Crippen LogP contribution in [0.15, 0.2) is 42.6 Å². The molecule has 8 nitrogen and oxygen atoms in total. The number of aromatic nitrogens is 1. The Morgan fingerprint density at radius 3 is 2.53 bits per heavy atom. The minimum Gasteiger partial charge on any atom is -0.456 e. The van der Waals surface area contributed by atoms with Gasteiger partial charge in [0.25, 0.3) is 11.8 Å². The first-order valence-corrected chi connectivity index (χ1v) is 12.6. The number of nitrogens with zero attached hydrogens (tertiary/aromatic N) is 2. The molecular formula is C26H27ClN4O4S. The van der Waals surface area contributed by atoms with E-state index in [2.05, 4.69) is 20.5 Å². The molecule has 2 aromatic heterocycles. The smallest absolute Gasteiger partial charge is 0.338 e. The highest BCUT2D eigenvalue weighted by atomic mass is 35.5. The van der Waals surface area contributed by atoms with Crippen LogP contribution in [0.2, 0.25) is 4.34 Å². The number of esters is 1. The quantitative estimate of drug-likeness (QED) is 0.444. The molecule has 0 aliphatic carbocycles. The molecule has 3 aromatic rings. The Labute approximate surface area is 218 Å². The first-order chi connectivity index (χ1) is 17.0. The van der Waals surface area contributed by atoms with Gasteiger partial charge in [-0.2, -0.15) is 0 Å². The van der Waals surface area contributed by atoms with Crippen molar-refractivity contribution < 1.29 is 19.1 Å². The minimum absolute atomic E-state index is 0.126. The fourth-order valence-electron chi connectivity index (χ4n) is 3.77. The zero-order chi connectivity index (χ0) is 26.0. The molecule has 188 valence electrons. The molecule has 0 saturated carbocycles. The van der Waals surface area contributed by atoms with Crippen LogP contribution >= 0.6 is 22.9 Å². The predicted octanol–water partition coefficient (Wildman–Crippen LogP) is 4.88. The van der Waals surface area contributed by atoms with E-state index in [1.165, 1.54) is 11.3 Å². The van der Waals surface area contributed by atoms with Crippen LogP contribution in [-0.4, -0.2) is 40.3 Å². The number of pyridine rings is 1. The van der Waals surface area contributed by atoms with Crippen molar-refractivity contribution in [3.63, 3.8) is 0 Å². The van der Waals surface area contributed by atoms with Gasteiger partial charge in [-0.05, 0) is 74.8 Å². The molecule has 2 amide bonds. The highest BCUT2D eigenvalue weighted by molar-refractivity contribution is 7.18. The number of carbonyl (C=O) groups is 3. The van der Waals surface area contributed by atoms with Crippen molar-refractivity contribution >= 4 is 46.4 Å². The van der Waals surface area contributed by atoms with Crippen molar-refractivity contribution in [2.75, 3.05) is 12.4 Å². The summed E-state index contributed by atoms with van der Waals surface area (Å²) in [5, 5.41) is 5.69. The SMILES string of the molecule is CN1Cc2cnc(C(=O)Nc3cc(C(=O)OC(C)(C)C)ccc3CNC(=O)c3ccc(Cl)s3)cc2C1. The number of halogens is 1. The van der Waals surface area contributed by atoms with E-state index in [4.69, 9.17) is 16.3 Å². The van der Waals surface area contributed by atoms with E-state index in [-0.39, 0.29) is 23.7 Å². The molecule has 3 heterocycles. The second-order valence-electron chi connectivity index (χ2n) is 9.62. The zero-order valence-corrected chi connectivity index (χ0v) is 22.0. The van der Waals surface area contributed by atoms with E-state index < -0.39 is 17.5 Å². The van der Waals surface area contributed by atoms with Crippen LogP contribution in [0.1, 0.15) is 68.0 Å². The Kier molecular flexibility index (Phi) is 7.44. The average molecular weight is 527 g/mol. The third-order valence-electron chi connectivity index (χ3n) is 5.43. The summed E-state index contributed by atoms with van der Waals surface area (Å²) < 4.78 is 5.99. The van der Waals surface area contributed by atoms with Crippen molar-refractivity contribution in [3.8, 4) is 0 Å². The molecule has 0 unspecified atom stereocenters. The lowest BCUT2D eigenvalue weighted by molar-refractivity contribution is 0.00692. The Balaban J connectivity index is 1.58. The first kappa shape index (κ1) is 25.8. The number of thiophene rings is 1. The standard InChI is InChI=1S/C26H27ClN4O4S/c1-26(2,3)35-25(34)15-5-6-16(11-29-24(33)21-7-8-22(27)36-21)19(9-15)30-23(32)20-10-17-13-31(4)14-18(17)12-28-20/h5-10,12H,11,13-14H2,1-4H3,(H,29,33)(H,30,32). The Morgan fingerprint density at radius 2 is 1.83 bits per heavy atom. The fraction of sp³-hybridized carbons (Fsp3) is 0.308. The predicted molar refractivity (Wildman–Crippen MR) is 139 cm³/mol. The largest absolute Gasteiger partial charge is 0.456 e. The van der Waals surface area contributed by atoms with Gasteiger partial charge >= 0.3 is 5.97 Å². The maximum Gasteiger partial charge on any atom is 0.338 e. The number of nitrogens with one attached hydrogen (secondary N) is 2. The number of benzene rings is 1. The summed E-state index contributed by atoms with van der Waals surface area (Å²) in [5.74, 6) is -1.21. The molecule has 0 bridgehead atoms. The van der Waals surface area contributed by atoms with Crippen LogP contribution in [0, 0.1) is 0 Å². The van der Waals surface area contributed by atoms with Gasteiger partial charge in [-0.3, -0.25) is 19.5 Å². The van der Waals surface area contributed by atoms with Gasteiger partial charge in [0.2, 0.25) is 0 Å². The Hall–Kier alpha value is -3.27. The van der Waals surface area contributed by atoms with E-state index >= 15 is 0 Å². The monoisotopic (exact) mass is 526 g/mol. The summed E-state index contributed by atoms with van der Waals surface area (Å²) in [4.78, 5) is 45.2. The number of hydrogen-bond donors (Lipinski definition) is 2. The lowest BCUT2D eigenvalue weighted by atomic mass is 10.1. The molecule has 0 fully saturated rings. The minimum atomic E-state index is -0.670. The van der Waals surface area contributed by atoms with E-state index in [1.807, 2.05) is 7.05 Å². The maximum absolute atomic E-state index is 13.1. The summed E-state index contributed by atoms with van der Waals surface area (Å²) in [6.07, 6.45) is 1.72. The van der Waals surface area contributed by atoms with Gasteiger partial charge in [-0.25, -0.2) is 4.79 Å². The van der Waals surface area contributed by atoms with Crippen LogP contribution in [0.5, 0.6) is 0 Å². The van der Waals surface area contributed by atoms with Gasteiger partial charge in [0.1, 0.15) is 11.3 Å². The van der Waals surface area contributed by atoms with E-state index in [9.17, 15) is 14.4 Å². The molecule has 36 heavy (non-hydrogen) atoms. The number of anilines is 1. The van der Waals surface area contributed by atoms with Crippen molar-refractivity contribution in [1.82, 2.24) is 15.2 Å². The highest BCUT2D eigenvalue weighted by Crippen LogP contribution is 2.25. The third kappa shape index (κ3) is 6.29. The second-order valence-corrected chi connectivity index (χ2v) is 11.3. The van der Waals surface area contributed by atoms with Gasteiger partial charge in [0.15, 0.2) is 0 Å². The van der Waals surface area contributed by atoms with Crippen molar-refractivity contribution in [1.29, 1.82) is 0 Å². The molecular weight excluding hydrogens is 500 g/mol. The van der Waals surface area contributed by atoms with Gasteiger partial charge < -0.3 is 15.4 Å². The van der Waals surface area contributed by atoms with Gasteiger partial charge in [0.05, 0.1) is 14.8 Å². The molecule has 2 N–H and O–H groups in total. The number of fused-ring (bicyclic) bond motifs is 1. The van der Waals surface area contributed by atoms with Crippen molar-refractivity contribution in [2.45, 2.75) is 46.0 Å². The Bertz CT molecular complexity index is 1330. The van der Waals surface area contributed by atoms with Gasteiger partial charge in [-0.15, -0.1) is 11.3 Å². The summed E-state index contributed by atoms with van der Waals surface area (Å²) in [5.41, 5.74) is 3.04. The number of amides is 2. The molecule has 1 aliphatic heterocycles. The molecule has 4 rings (SSSR count). The molecule has 10 heteroatoms. The van der Waals surface area contributed by atoms with E-state index in [1.54, 1.807) is 63.4 Å². The summed E-state index contributed by atoms with van der Waals surface area (Å²) in [6.45, 7) is 7.01. The normalized spacial score (nSPS) is 13.2. The van der Waals surface area contributed by atoms with Crippen LogP contribution in [0.3, 0.4) is 0 Å². The lowest BCUT2D eigenvalue weighted by Crippen LogP contribution is -2.25. The van der Waals surface area contributed by atoms with E-state index in [0.29, 0.717) is 20.5 Å². The van der Waals surface area contributed by atoms with Crippen LogP contribution in [-0.2, 0) is 24.4 Å². The molecule has 1 aromatic carbocycles. The molecule has 1 aliphatic rings. The maximum atomic E-state index is 13.1. The van der Waals surface area contributed by atoms with Gasteiger partial charge in [0, 0.05) is 31.5 Å². The third-order valence-corrected chi connectivity index (χ3v) is 6.66. The molecule has 0 saturated heterocycles. The van der Waals surface area contributed by atoms with Crippen molar-refractivity contribution in [2.24, 2.45) is 0 Å². The molecule has 0 spiro atoms. The molecule has 0 radical (unpaired) electrons. The number of ether oxygens (including phenoxy) is 1. The molecule has 0 atom stereocenters. The number of carbonyl (C=O) groups excluding carboxylic acids is 3. The zero-order valence-electron chi connectivity index (χ0n) is 20.5. The average Bonchev–Trinajstić information content (AvgIpc) is 3.40. The topological polar surface area (TPSA) is 101 Å². The number of rotatable bonds is 6. The lowest BCUT2D eigenvalue weighted by Gasteiger charge is -2.20. The van der Waals surface area contributed by atoms with Crippen LogP contribution in [0.4, 0.5) is 5.69 Å². The second kappa shape index (κ2) is 10.4. The number of hydrogen-bond acceptors (Lipinski definition) is 7. The fourth-order valence-corrected chi connectivity index (χ4v) is 4.73. The highest BCUT2D eigenvalue weighted by Gasteiger charge is 2.22.